The molecule has 0 bridgehead atoms. The van der Waals surface area contributed by atoms with Crippen molar-refractivity contribution >= 4 is 11.6 Å². The first-order chi connectivity index (χ1) is 8.52. The molecular weight excluding hydrogens is 242 g/mol. The molecule has 0 saturated heterocycles. The van der Waals surface area contributed by atoms with Crippen molar-refractivity contribution in [1.82, 2.24) is 0 Å². The minimum atomic E-state index is -0.0371. The van der Waals surface area contributed by atoms with Gasteiger partial charge in [-0.25, -0.2) is 0 Å². The summed E-state index contributed by atoms with van der Waals surface area (Å²) < 4.78 is 0. The van der Waals surface area contributed by atoms with Gasteiger partial charge in [-0.15, -0.1) is 0 Å². The van der Waals surface area contributed by atoms with Gasteiger partial charge in [0.05, 0.1) is 0 Å². The zero-order valence-corrected chi connectivity index (χ0v) is 12.3. The van der Waals surface area contributed by atoms with E-state index in [9.17, 15) is 0 Å². The molecule has 2 heteroatoms. The molecule has 1 nitrogen and oxygen atoms in total. The van der Waals surface area contributed by atoms with E-state index in [4.69, 9.17) is 17.3 Å². The van der Waals surface area contributed by atoms with Crippen molar-refractivity contribution in [2.24, 2.45) is 11.7 Å². The quantitative estimate of drug-likeness (QED) is 0.856. The maximum absolute atomic E-state index is 6.56. The summed E-state index contributed by atoms with van der Waals surface area (Å²) in [6.07, 6.45) is 7.03. The van der Waals surface area contributed by atoms with Crippen LogP contribution >= 0.6 is 11.6 Å². The molecule has 1 fully saturated rings. The lowest BCUT2D eigenvalue weighted by molar-refractivity contribution is 0.228. The highest BCUT2D eigenvalue weighted by atomic mass is 35.5. The predicted octanol–water partition coefficient (Wildman–Crippen LogP) is 4.49. The van der Waals surface area contributed by atoms with E-state index in [1.807, 2.05) is 6.07 Å². The first kappa shape index (κ1) is 13.9. The first-order valence-electron chi connectivity index (χ1n) is 7.06. The van der Waals surface area contributed by atoms with Gasteiger partial charge in [0.2, 0.25) is 0 Å². The Morgan fingerprint density at radius 1 is 1.33 bits per heavy atom. The summed E-state index contributed by atoms with van der Waals surface area (Å²) in [5.74, 6) is 0.884. The van der Waals surface area contributed by atoms with Gasteiger partial charge in [-0.2, -0.15) is 0 Å². The van der Waals surface area contributed by atoms with Crippen LogP contribution in [0, 0.1) is 12.8 Å². The third-order valence-electron chi connectivity index (χ3n) is 4.43. The predicted molar refractivity (Wildman–Crippen MR) is 79.1 cm³/mol. The maximum atomic E-state index is 6.56. The van der Waals surface area contributed by atoms with Crippen molar-refractivity contribution in [2.75, 3.05) is 0 Å². The molecule has 0 aliphatic heterocycles. The minimum absolute atomic E-state index is 0.0371. The van der Waals surface area contributed by atoms with Gasteiger partial charge in [-0.05, 0) is 62.1 Å². The number of rotatable bonds is 3. The summed E-state index contributed by atoms with van der Waals surface area (Å²) in [5.41, 5.74) is 8.94. The van der Waals surface area contributed by atoms with Gasteiger partial charge in [0.15, 0.2) is 0 Å². The Hall–Kier alpha value is -0.530. The Labute approximate surface area is 116 Å². The topological polar surface area (TPSA) is 26.0 Å². The lowest BCUT2D eigenvalue weighted by Crippen LogP contribution is -2.45. The van der Waals surface area contributed by atoms with Crippen molar-refractivity contribution in [3.63, 3.8) is 0 Å². The van der Waals surface area contributed by atoms with E-state index in [1.54, 1.807) is 0 Å². The van der Waals surface area contributed by atoms with Crippen molar-refractivity contribution in [1.29, 1.82) is 0 Å². The van der Waals surface area contributed by atoms with Crippen molar-refractivity contribution < 1.29 is 0 Å². The van der Waals surface area contributed by atoms with Crippen LogP contribution in [0.1, 0.15) is 50.2 Å². The van der Waals surface area contributed by atoms with E-state index in [1.165, 1.54) is 30.4 Å². The summed E-state index contributed by atoms with van der Waals surface area (Å²) in [6, 6.07) is 6.30. The van der Waals surface area contributed by atoms with Crippen LogP contribution in [0.3, 0.4) is 0 Å². The van der Waals surface area contributed by atoms with Crippen LogP contribution in [-0.2, 0) is 6.42 Å². The van der Waals surface area contributed by atoms with Gasteiger partial charge < -0.3 is 5.73 Å². The second kappa shape index (κ2) is 5.63. The molecular formula is C16H24ClN. The molecule has 1 saturated carbocycles. The molecule has 0 aromatic heterocycles. The number of hydrogen-bond acceptors (Lipinski definition) is 1. The molecule has 100 valence electrons. The molecule has 0 atom stereocenters. The molecule has 2 rings (SSSR count). The summed E-state index contributed by atoms with van der Waals surface area (Å²) in [6.45, 7) is 4.35. The van der Waals surface area contributed by atoms with Crippen molar-refractivity contribution in [2.45, 2.75) is 57.9 Å². The first-order valence-corrected chi connectivity index (χ1v) is 7.44. The van der Waals surface area contributed by atoms with E-state index < -0.39 is 0 Å². The molecule has 2 N–H and O–H groups in total. The lowest BCUT2D eigenvalue weighted by Gasteiger charge is -2.37. The molecule has 1 aromatic rings. The number of hydrogen-bond donors (Lipinski definition) is 1. The fraction of sp³-hybridized carbons (Fsp3) is 0.625. The third-order valence-corrected chi connectivity index (χ3v) is 4.78. The molecule has 0 amide bonds. The van der Waals surface area contributed by atoms with Gasteiger partial charge in [0.1, 0.15) is 0 Å². The minimum Gasteiger partial charge on any atom is -0.325 e. The summed E-state index contributed by atoms with van der Waals surface area (Å²) in [4.78, 5) is 0. The van der Waals surface area contributed by atoms with Crippen molar-refractivity contribution in [3.05, 3.63) is 34.3 Å². The molecule has 1 aliphatic carbocycles. The largest absolute Gasteiger partial charge is 0.325 e. The second-order valence-electron chi connectivity index (χ2n) is 5.99. The SMILES string of the molecule is CCC1CCC(N)(Cc2ccc(C)cc2Cl)CC1. The number of aryl methyl sites for hydroxylation is 1. The molecule has 0 spiro atoms. The van der Waals surface area contributed by atoms with Crippen LogP contribution in [0.5, 0.6) is 0 Å². The highest BCUT2D eigenvalue weighted by molar-refractivity contribution is 6.31. The normalized spacial score (nSPS) is 28.3. The Balaban J connectivity index is 2.04. The number of benzene rings is 1. The Morgan fingerprint density at radius 3 is 2.56 bits per heavy atom. The zero-order valence-electron chi connectivity index (χ0n) is 11.5. The molecule has 0 radical (unpaired) electrons. The highest BCUT2D eigenvalue weighted by Gasteiger charge is 2.31. The smallest absolute Gasteiger partial charge is 0.0441 e. The average molecular weight is 266 g/mol. The highest BCUT2D eigenvalue weighted by Crippen LogP contribution is 2.35. The van der Waals surface area contributed by atoms with Crippen LogP contribution in [-0.4, -0.2) is 5.54 Å². The standard InChI is InChI=1S/C16H24ClN/c1-3-13-6-8-16(18,9-7-13)11-14-5-4-12(2)10-15(14)17/h4-5,10,13H,3,6-9,11,18H2,1-2H3. The van der Waals surface area contributed by atoms with Crippen LogP contribution in [0.2, 0.25) is 5.02 Å². The fourth-order valence-electron chi connectivity index (χ4n) is 3.01. The van der Waals surface area contributed by atoms with Crippen LogP contribution in [0.4, 0.5) is 0 Å². The van der Waals surface area contributed by atoms with Crippen molar-refractivity contribution in [3.8, 4) is 0 Å². The molecule has 1 aromatic carbocycles. The van der Waals surface area contributed by atoms with Gasteiger partial charge in [-0.1, -0.05) is 37.1 Å². The molecule has 1 aliphatic rings. The summed E-state index contributed by atoms with van der Waals surface area (Å²) in [5, 5.41) is 0.873. The number of halogens is 1. The van der Waals surface area contributed by atoms with Crippen LogP contribution < -0.4 is 5.73 Å². The molecule has 18 heavy (non-hydrogen) atoms. The molecule has 0 unspecified atom stereocenters. The molecule has 0 heterocycles. The Bertz CT molecular complexity index is 406. The van der Waals surface area contributed by atoms with Crippen LogP contribution in [0.15, 0.2) is 18.2 Å². The van der Waals surface area contributed by atoms with Gasteiger partial charge >= 0.3 is 0 Å². The van der Waals surface area contributed by atoms with E-state index in [0.717, 1.165) is 30.2 Å². The third kappa shape index (κ3) is 3.27. The Kier molecular flexibility index (Phi) is 4.34. The fourth-order valence-corrected chi connectivity index (χ4v) is 3.31. The van der Waals surface area contributed by atoms with E-state index >= 15 is 0 Å². The maximum Gasteiger partial charge on any atom is 0.0441 e. The zero-order chi connectivity index (χ0) is 13.2. The van der Waals surface area contributed by atoms with Gasteiger partial charge in [-0.3, -0.25) is 0 Å². The van der Waals surface area contributed by atoms with Gasteiger partial charge in [0.25, 0.3) is 0 Å². The number of nitrogens with two attached hydrogens (primary N) is 1. The second-order valence-corrected chi connectivity index (χ2v) is 6.39. The van der Waals surface area contributed by atoms with Gasteiger partial charge in [0, 0.05) is 10.6 Å². The summed E-state index contributed by atoms with van der Waals surface area (Å²) >= 11 is 6.31. The monoisotopic (exact) mass is 265 g/mol. The van der Waals surface area contributed by atoms with E-state index in [0.29, 0.717) is 0 Å². The van der Waals surface area contributed by atoms with E-state index in [-0.39, 0.29) is 5.54 Å². The lowest BCUT2D eigenvalue weighted by atomic mass is 9.73. The summed E-state index contributed by atoms with van der Waals surface area (Å²) in [7, 11) is 0. The average Bonchev–Trinajstić information content (AvgIpc) is 2.34. The Morgan fingerprint density at radius 2 is 2.00 bits per heavy atom. The van der Waals surface area contributed by atoms with E-state index in [2.05, 4.69) is 26.0 Å². The van der Waals surface area contributed by atoms with Crippen LogP contribution in [0.25, 0.3) is 0 Å².